The number of hydrogen-bond acceptors (Lipinski definition) is 7. The van der Waals surface area contributed by atoms with E-state index in [1.807, 2.05) is 0 Å². The molecular formula is C19H20N4O4S. The van der Waals surface area contributed by atoms with Crippen molar-refractivity contribution in [2.24, 2.45) is 0 Å². The van der Waals surface area contributed by atoms with Crippen LogP contribution in [0, 0.1) is 6.92 Å². The third-order valence-corrected chi connectivity index (χ3v) is 5.83. The monoisotopic (exact) mass is 400 g/mol. The summed E-state index contributed by atoms with van der Waals surface area (Å²) in [6.45, 7) is 1.74. The highest BCUT2D eigenvalue weighted by Crippen LogP contribution is 2.36. The van der Waals surface area contributed by atoms with Crippen LogP contribution in [0.1, 0.15) is 64.0 Å². The minimum atomic E-state index is -0.616. The highest BCUT2D eigenvalue weighted by atomic mass is 32.1. The number of amides is 2. The minimum Gasteiger partial charge on any atom is -0.459 e. The molecule has 0 radical (unpaired) electrons. The molecule has 3 aromatic heterocycles. The van der Waals surface area contributed by atoms with Gasteiger partial charge in [-0.25, -0.2) is 0 Å². The summed E-state index contributed by atoms with van der Waals surface area (Å²) in [5.74, 6) is 0.653. The third-order valence-electron chi connectivity index (χ3n) is 4.83. The van der Waals surface area contributed by atoms with Crippen LogP contribution < -0.4 is 10.6 Å². The van der Waals surface area contributed by atoms with Crippen LogP contribution in [0.4, 0.5) is 5.00 Å². The molecule has 1 aliphatic rings. The Hall–Kier alpha value is -2.94. The predicted octanol–water partition coefficient (Wildman–Crippen LogP) is 3.87. The van der Waals surface area contributed by atoms with E-state index < -0.39 is 5.54 Å². The number of furan rings is 1. The number of carbonyl (C=O) groups excluding carboxylic acids is 2. The highest BCUT2D eigenvalue weighted by Gasteiger charge is 2.40. The molecule has 0 aromatic carbocycles. The molecule has 2 amide bonds. The van der Waals surface area contributed by atoms with Crippen molar-refractivity contribution in [2.75, 3.05) is 5.32 Å². The zero-order valence-electron chi connectivity index (χ0n) is 15.4. The van der Waals surface area contributed by atoms with Gasteiger partial charge in [0.25, 0.3) is 11.8 Å². The molecule has 1 saturated carbocycles. The average molecular weight is 400 g/mol. The first-order valence-corrected chi connectivity index (χ1v) is 9.95. The van der Waals surface area contributed by atoms with E-state index in [4.69, 9.17) is 8.94 Å². The van der Waals surface area contributed by atoms with Crippen LogP contribution in [0.25, 0.3) is 0 Å². The molecule has 9 heteroatoms. The molecule has 146 valence electrons. The smallest absolute Gasteiger partial charge is 0.291 e. The summed E-state index contributed by atoms with van der Waals surface area (Å²) in [4.78, 5) is 29.9. The fourth-order valence-corrected chi connectivity index (χ4v) is 4.24. The van der Waals surface area contributed by atoms with Gasteiger partial charge >= 0.3 is 0 Å². The fourth-order valence-electron chi connectivity index (χ4n) is 3.44. The van der Waals surface area contributed by atoms with Crippen LogP contribution in [0.15, 0.2) is 39.5 Å². The maximum Gasteiger partial charge on any atom is 0.291 e. The summed E-state index contributed by atoms with van der Waals surface area (Å²) in [5.41, 5.74) is -0.616. The van der Waals surface area contributed by atoms with Gasteiger partial charge in [0.05, 0.1) is 16.1 Å². The Morgan fingerprint density at radius 2 is 1.96 bits per heavy atom. The first-order chi connectivity index (χ1) is 13.6. The van der Waals surface area contributed by atoms with Gasteiger partial charge in [-0.05, 0) is 37.1 Å². The molecule has 8 nitrogen and oxygen atoms in total. The van der Waals surface area contributed by atoms with Gasteiger partial charge < -0.3 is 19.6 Å². The van der Waals surface area contributed by atoms with Crippen molar-refractivity contribution >= 4 is 28.2 Å². The maximum atomic E-state index is 12.9. The number of nitrogens with zero attached hydrogens (tertiary/aromatic N) is 2. The zero-order valence-corrected chi connectivity index (χ0v) is 16.2. The molecule has 4 rings (SSSR count). The maximum absolute atomic E-state index is 12.9. The number of carbonyl (C=O) groups is 2. The predicted molar refractivity (Wildman–Crippen MR) is 102 cm³/mol. The summed E-state index contributed by atoms with van der Waals surface area (Å²) in [6, 6.07) is 6.62. The number of nitrogens with one attached hydrogen (secondary N) is 2. The fraction of sp³-hybridized carbons (Fsp3) is 0.368. The number of aromatic nitrogens is 2. The van der Waals surface area contributed by atoms with Crippen LogP contribution in [-0.4, -0.2) is 22.0 Å². The summed E-state index contributed by atoms with van der Waals surface area (Å²) in [6.07, 6.45) is 6.07. The number of aryl methyl sites for hydroxylation is 1. The van der Waals surface area contributed by atoms with Gasteiger partial charge in [0.15, 0.2) is 11.6 Å². The van der Waals surface area contributed by atoms with Gasteiger partial charge in [-0.3, -0.25) is 9.59 Å². The van der Waals surface area contributed by atoms with Crippen LogP contribution in [0.5, 0.6) is 0 Å². The number of hydrogen-bond donors (Lipinski definition) is 2. The van der Waals surface area contributed by atoms with Crippen LogP contribution in [0.2, 0.25) is 0 Å². The lowest BCUT2D eigenvalue weighted by Gasteiger charge is -2.35. The van der Waals surface area contributed by atoms with Gasteiger partial charge in [0, 0.05) is 6.92 Å². The van der Waals surface area contributed by atoms with Crippen molar-refractivity contribution in [2.45, 2.75) is 44.6 Å². The van der Waals surface area contributed by atoms with Gasteiger partial charge in [0.1, 0.15) is 5.54 Å². The molecule has 1 fully saturated rings. The Bertz CT molecular complexity index is 970. The first-order valence-electron chi connectivity index (χ1n) is 9.14. The topological polar surface area (TPSA) is 110 Å². The van der Waals surface area contributed by atoms with E-state index in [0.29, 0.717) is 21.6 Å². The molecule has 2 N–H and O–H groups in total. The Balaban J connectivity index is 1.49. The largest absolute Gasteiger partial charge is 0.459 e. The number of thiophene rings is 1. The molecule has 3 aromatic rings. The Morgan fingerprint density at radius 1 is 1.14 bits per heavy atom. The lowest BCUT2D eigenvalue weighted by molar-refractivity contribution is 0.0859. The molecule has 28 heavy (non-hydrogen) atoms. The van der Waals surface area contributed by atoms with E-state index >= 15 is 0 Å². The van der Waals surface area contributed by atoms with Crippen molar-refractivity contribution in [3.05, 3.63) is 52.9 Å². The minimum absolute atomic E-state index is 0.215. The third kappa shape index (κ3) is 3.70. The van der Waals surface area contributed by atoms with Gasteiger partial charge in [-0.1, -0.05) is 24.4 Å². The molecule has 1 aliphatic carbocycles. The van der Waals surface area contributed by atoms with E-state index in [1.54, 1.807) is 31.2 Å². The number of rotatable bonds is 5. The summed E-state index contributed by atoms with van der Waals surface area (Å²) in [7, 11) is 0. The van der Waals surface area contributed by atoms with Crippen molar-refractivity contribution in [1.82, 2.24) is 15.5 Å². The standard InChI is InChI=1S/C19H20N4O4S/c1-12-20-18(23-27-12)19(9-3-2-4-10-19)22-17(25)14-7-8-15(28-14)21-16(24)13-6-5-11-26-13/h5-8,11H,2-4,9-10H2,1H3,(H,21,24)(H,22,25). The van der Waals surface area contributed by atoms with Crippen LogP contribution in [0.3, 0.4) is 0 Å². The molecule has 0 atom stereocenters. The highest BCUT2D eigenvalue weighted by molar-refractivity contribution is 7.18. The number of anilines is 1. The van der Waals surface area contributed by atoms with E-state index in [2.05, 4.69) is 20.8 Å². The Kier molecular flexibility index (Phi) is 4.99. The van der Waals surface area contributed by atoms with Gasteiger partial charge in [-0.2, -0.15) is 4.98 Å². The molecule has 0 spiro atoms. The summed E-state index contributed by atoms with van der Waals surface area (Å²) in [5, 5.41) is 10.5. The molecule has 0 saturated heterocycles. The normalized spacial score (nSPS) is 15.9. The first kappa shape index (κ1) is 18.4. The molecule has 0 aliphatic heterocycles. The van der Waals surface area contributed by atoms with Gasteiger partial charge in [0.2, 0.25) is 5.89 Å². The second-order valence-corrected chi connectivity index (χ2v) is 7.91. The quantitative estimate of drug-likeness (QED) is 0.673. The Morgan fingerprint density at radius 3 is 2.64 bits per heavy atom. The Labute approximate surface area is 165 Å². The van der Waals surface area contributed by atoms with Crippen LogP contribution in [-0.2, 0) is 5.54 Å². The SMILES string of the molecule is Cc1nc(C2(NC(=O)c3ccc(NC(=O)c4ccco4)s3)CCCCC2)no1. The second-order valence-electron chi connectivity index (χ2n) is 6.83. The zero-order chi connectivity index (χ0) is 19.6. The molecule has 0 unspecified atom stereocenters. The molecule has 0 bridgehead atoms. The lowest BCUT2D eigenvalue weighted by Crippen LogP contribution is -2.47. The second kappa shape index (κ2) is 7.59. The van der Waals surface area contributed by atoms with E-state index in [1.165, 1.54) is 17.6 Å². The van der Waals surface area contributed by atoms with E-state index in [9.17, 15) is 9.59 Å². The van der Waals surface area contributed by atoms with Crippen molar-refractivity contribution in [1.29, 1.82) is 0 Å². The van der Waals surface area contributed by atoms with Gasteiger partial charge in [-0.15, -0.1) is 11.3 Å². The molecular weight excluding hydrogens is 380 g/mol. The summed E-state index contributed by atoms with van der Waals surface area (Å²) >= 11 is 1.20. The summed E-state index contributed by atoms with van der Waals surface area (Å²) < 4.78 is 10.2. The van der Waals surface area contributed by atoms with E-state index in [-0.39, 0.29) is 17.6 Å². The molecule has 3 heterocycles. The average Bonchev–Trinajstić information content (AvgIpc) is 3.44. The van der Waals surface area contributed by atoms with Crippen molar-refractivity contribution in [3.8, 4) is 0 Å². The van der Waals surface area contributed by atoms with E-state index in [0.717, 1.165) is 32.1 Å². The lowest BCUT2D eigenvalue weighted by atomic mass is 9.81. The van der Waals surface area contributed by atoms with Crippen molar-refractivity contribution < 1.29 is 18.5 Å². The van der Waals surface area contributed by atoms with Crippen LogP contribution >= 0.6 is 11.3 Å². The van der Waals surface area contributed by atoms with Crippen molar-refractivity contribution in [3.63, 3.8) is 0 Å².